The van der Waals surface area contributed by atoms with E-state index in [4.69, 9.17) is 14.2 Å². The number of esters is 1. The number of ether oxygens (including phenoxy) is 3. The lowest BCUT2D eigenvalue weighted by Crippen LogP contribution is -2.47. The van der Waals surface area contributed by atoms with Gasteiger partial charge in [-0.15, -0.1) is 0 Å². The number of carbonyl (C=O) groups excluding carboxylic acids is 2. The zero-order valence-corrected chi connectivity index (χ0v) is 17.2. The highest BCUT2D eigenvalue weighted by Gasteiger charge is 2.59. The van der Waals surface area contributed by atoms with Gasteiger partial charge in [-0.1, -0.05) is 36.4 Å². The van der Waals surface area contributed by atoms with Crippen molar-refractivity contribution in [2.24, 2.45) is 0 Å². The highest BCUT2D eigenvalue weighted by Crippen LogP contribution is 2.51. The van der Waals surface area contributed by atoms with Crippen molar-refractivity contribution in [1.82, 2.24) is 0 Å². The molecule has 1 N–H and O–H groups in total. The van der Waals surface area contributed by atoms with Gasteiger partial charge in [0, 0.05) is 12.0 Å². The van der Waals surface area contributed by atoms with Gasteiger partial charge in [0.15, 0.2) is 6.23 Å². The molecule has 3 atom stereocenters. The van der Waals surface area contributed by atoms with Crippen molar-refractivity contribution in [2.45, 2.75) is 50.7 Å². The van der Waals surface area contributed by atoms with Crippen molar-refractivity contribution in [3.63, 3.8) is 0 Å². The molecule has 2 aromatic carbocycles. The molecule has 1 amide bonds. The third kappa shape index (κ3) is 3.66. The second-order valence-electron chi connectivity index (χ2n) is 8.57. The van der Waals surface area contributed by atoms with Crippen LogP contribution in [-0.2, 0) is 19.8 Å². The molecule has 2 aliphatic heterocycles. The summed E-state index contributed by atoms with van der Waals surface area (Å²) in [6, 6.07) is 15.8. The van der Waals surface area contributed by atoms with Crippen molar-refractivity contribution >= 4 is 17.7 Å². The van der Waals surface area contributed by atoms with Gasteiger partial charge in [0.05, 0.1) is 17.4 Å². The second-order valence-corrected chi connectivity index (χ2v) is 8.57. The summed E-state index contributed by atoms with van der Waals surface area (Å²) in [5.74, 6) is -0.465. The molecular weight excluding hydrogens is 386 g/mol. The topological polar surface area (TPSA) is 85.3 Å². The van der Waals surface area contributed by atoms with E-state index in [2.05, 4.69) is 0 Å². The Kier molecular flexibility index (Phi) is 5.03. The molecule has 7 heteroatoms. The first-order valence-corrected chi connectivity index (χ1v) is 9.91. The molecular formula is C23H25NO6. The van der Waals surface area contributed by atoms with E-state index in [-0.39, 0.29) is 13.0 Å². The summed E-state index contributed by atoms with van der Waals surface area (Å²) in [5.41, 5.74) is -0.514. The number of rotatable bonds is 3. The summed E-state index contributed by atoms with van der Waals surface area (Å²) in [7, 11) is 0. The fourth-order valence-electron chi connectivity index (χ4n) is 3.91. The average Bonchev–Trinajstić information content (AvgIpc) is 3.14. The smallest absolute Gasteiger partial charge is 0.417 e. The minimum Gasteiger partial charge on any atom is -0.459 e. The van der Waals surface area contributed by atoms with Crippen LogP contribution in [0.1, 0.15) is 43.1 Å². The summed E-state index contributed by atoms with van der Waals surface area (Å²) in [4.78, 5) is 26.5. The second kappa shape index (κ2) is 7.41. The van der Waals surface area contributed by atoms with Crippen LogP contribution in [0.4, 0.5) is 10.5 Å². The van der Waals surface area contributed by atoms with Gasteiger partial charge in [0.25, 0.3) is 0 Å². The first-order valence-electron chi connectivity index (χ1n) is 9.91. The monoisotopic (exact) mass is 411 g/mol. The van der Waals surface area contributed by atoms with Crippen molar-refractivity contribution in [1.29, 1.82) is 0 Å². The minimum atomic E-state index is -1.41. The molecule has 0 bridgehead atoms. The number of aliphatic hydroxyl groups is 1. The summed E-state index contributed by atoms with van der Waals surface area (Å²) < 4.78 is 16.9. The van der Waals surface area contributed by atoms with Crippen LogP contribution in [0, 0.1) is 0 Å². The summed E-state index contributed by atoms with van der Waals surface area (Å²) in [6.07, 6.45) is -1.93. The van der Waals surface area contributed by atoms with Crippen LogP contribution >= 0.6 is 0 Å². The van der Waals surface area contributed by atoms with Crippen molar-refractivity contribution < 1.29 is 28.9 Å². The number of nitrogens with zero attached hydrogens (tertiary/aromatic N) is 1. The van der Waals surface area contributed by atoms with E-state index in [9.17, 15) is 14.7 Å². The maximum atomic E-state index is 12.9. The van der Waals surface area contributed by atoms with Crippen molar-refractivity contribution in [3.8, 4) is 0 Å². The third-order valence-corrected chi connectivity index (χ3v) is 5.13. The van der Waals surface area contributed by atoms with Crippen LogP contribution in [0.25, 0.3) is 0 Å². The summed E-state index contributed by atoms with van der Waals surface area (Å²) in [5, 5.41) is 11.4. The zero-order chi connectivity index (χ0) is 21.5. The van der Waals surface area contributed by atoms with Crippen LogP contribution in [0.5, 0.6) is 0 Å². The molecule has 2 aliphatic rings. The maximum Gasteiger partial charge on any atom is 0.417 e. The van der Waals surface area contributed by atoms with E-state index in [1.807, 2.05) is 6.07 Å². The molecule has 3 unspecified atom stereocenters. The molecule has 0 aromatic heterocycles. The number of amides is 1. The zero-order valence-electron chi connectivity index (χ0n) is 17.2. The first kappa shape index (κ1) is 20.4. The number of anilines is 1. The largest absolute Gasteiger partial charge is 0.459 e. The Morgan fingerprint density at radius 3 is 2.50 bits per heavy atom. The number of hydrogen-bond acceptors (Lipinski definition) is 6. The van der Waals surface area contributed by atoms with E-state index < -0.39 is 35.6 Å². The van der Waals surface area contributed by atoms with Crippen molar-refractivity contribution in [2.75, 3.05) is 11.5 Å². The lowest BCUT2D eigenvalue weighted by molar-refractivity contribution is -0.0526. The Morgan fingerprint density at radius 1 is 1.13 bits per heavy atom. The number of fused-ring (bicyclic) bond motifs is 3. The Hall–Kier alpha value is -2.90. The number of benzene rings is 2. The SMILES string of the molecule is CC(C)(C)OC(=O)N1c2ccccc2C2(O)CC(COC(=O)c3ccccc3)OC12. The number of hydrogen-bond donors (Lipinski definition) is 1. The molecule has 1 saturated heterocycles. The maximum absolute atomic E-state index is 12.9. The highest BCUT2D eigenvalue weighted by atomic mass is 16.6. The Balaban J connectivity index is 1.53. The van der Waals surface area contributed by atoms with Crippen LogP contribution in [0.3, 0.4) is 0 Å². The first-order chi connectivity index (χ1) is 14.2. The Morgan fingerprint density at radius 2 is 1.80 bits per heavy atom. The Bertz CT molecular complexity index is 954. The van der Waals surface area contributed by atoms with Gasteiger partial charge >= 0.3 is 12.1 Å². The predicted octanol–water partition coefficient (Wildman–Crippen LogP) is 3.60. The lowest BCUT2D eigenvalue weighted by atomic mass is 9.91. The van der Waals surface area contributed by atoms with E-state index in [0.717, 1.165) is 0 Å². The molecule has 158 valence electrons. The van der Waals surface area contributed by atoms with Gasteiger partial charge in [0.2, 0.25) is 0 Å². The molecule has 7 nitrogen and oxygen atoms in total. The molecule has 2 heterocycles. The van der Waals surface area contributed by atoms with Gasteiger partial charge in [-0.3, -0.25) is 0 Å². The standard InChI is InChI=1S/C23H25NO6/c1-22(2,3)30-21(26)24-18-12-8-7-11-17(18)23(27)13-16(29-20(23)24)14-28-19(25)15-9-5-4-6-10-15/h4-12,16,20,27H,13-14H2,1-3H3. The minimum absolute atomic E-state index is 0.0309. The van der Waals surface area contributed by atoms with Gasteiger partial charge in [0.1, 0.15) is 17.8 Å². The van der Waals surface area contributed by atoms with Crippen LogP contribution in [0.2, 0.25) is 0 Å². The fourth-order valence-corrected chi connectivity index (χ4v) is 3.91. The predicted molar refractivity (Wildman–Crippen MR) is 109 cm³/mol. The molecule has 30 heavy (non-hydrogen) atoms. The van der Waals surface area contributed by atoms with Crippen LogP contribution in [-0.4, -0.2) is 41.7 Å². The average molecular weight is 411 g/mol. The van der Waals surface area contributed by atoms with Crippen LogP contribution < -0.4 is 4.90 Å². The molecule has 2 aromatic rings. The van der Waals surface area contributed by atoms with Gasteiger partial charge < -0.3 is 19.3 Å². The van der Waals surface area contributed by atoms with Crippen LogP contribution in [0.15, 0.2) is 54.6 Å². The quantitative estimate of drug-likeness (QED) is 0.777. The van der Waals surface area contributed by atoms with E-state index in [1.165, 1.54) is 4.90 Å². The lowest BCUT2D eigenvalue weighted by Gasteiger charge is -2.29. The van der Waals surface area contributed by atoms with Gasteiger partial charge in [-0.25, -0.2) is 14.5 Å². The van der Waals surface area contributed by atoms with E-state index >= 15 is 0 Å². The molecule has 0 saturated carbocycles. The third-order valence-electron chi connectivity index (χ3n) is 5.13. The highest BCUT2D eigenvalue weighted by molar-refractivity contribution is 5.92. The summed E-state index contributed by atoms with van der Waals surface area (Å²) in [6.45, 7) is 5.30. The van der Waals surface area contributed by atoms with E-state index in [1.54, 1.807) is 69.3 Å². The normalized spacial score (nSPS) is 24.9. The molecule has 0 radical (unpaired) electrons. The molecule has 0 spiro atoms. The number of carbonyl (C=O) groups is 2. The van der Waals surface area contributed by atoms with Crippen molar-refractivity contribution in [3.05, 3.63) is 65.7 Å². The van der Waals surface area contributed by atoms with Gasteiger partial charge in [-0.2, -0.15) is 0 Å². The molecule has 1 fully saturated rings. The Labute approximate surface area is 175 Å². The van der Waals surface area contributed by atoms with E-state index in [0.29, 0.717) is 16.8 Å². The fraction of sp³-hybridized carbons (Fsp3) is 0.391. The number of para-hydroxylation sites is 1. The molecule has 0 aliphatic carbocycles. The molecule has 4 rings (SSSR count). The summed E-state index contributed by atoms with van der Waals surface area (Å²) >= 11 is 0. The van der Waals surface area contributed by atoms with Gasteiger partial charge in [-0.05, 0) is 39.0 Å².